The molecule has 0 aromatic heterocycles. The second-order valence-electron chi connectivity index (χ2n) is 4.67. The topological polar surface area (TPSA) is 23.8 Å². The smallest absolute Gasteiger partial charge is 0.132 e. The molecule has 0 unspecified atom stereocenters. The fraction of sp³-hybridized carbons (Fsp3) is 0.0588. The first-order chi connectivity index (χ1) is 9.69. The number of benzene rings is 2. The lowest BCUT2D eigenvalue weighted by atomic mass is 9.88. The van der Waals surface area contributed by atoms with Crippen molar-refractivity contribution in [1.29, 1.82) is 5.26 Å². The van der Waals surface area contributed by atoms with Gasteiger partial charge in [-0.05, 0) is 34.9 Å². The molecule has 0 radical (unpaired) electrons. The summed E-state index contributed by atoms with van der Waals surface area (Å²) in [5.74, 6) is -0.364. The summed E-state index contributed by atoms with van der Waals surface area (Å²) < 4.78 is 14.3. The number of nitriles is 1. The van der Waals surface area contributed by atoms with Crippen molar-refractivity contribution in [3.8, 4) is 17.2 Å². The zero-order chi connectivity index (χ0) is 14.1. The summed E-state index contributed by atoms with van der Waals surface area (Å²) >= 11 is 5.18. The molecule has 0 heterocycles. The van der Waals surface area contributed by atoms with Crippen LogP contribution in [-0.4, -0.2) is 4.86 Å². The minimum atomic E-state index is -0.364. The molecule has 0 amide bonds. The molecule has 3 rings (SSSR count). The molecule has 0 saturated heterocycles. The Balaban J connectivity index is 2.20. The van der Waals surface area contributed by atoms with Gasteiger partial charge in [-0.25, -0.2) is 4.39 Å². The largest absolute Gasteiger partial charge is 0.206 e. The molecule has 3 heteroatoms. The zero-order valence-electron chi connectivity index (χ0n) is 10.6. The molecule has 1 aliphatic carbocycles. The van der Waals surface area contributed by atoms with Gasteiger partial charge in [-0.1, -0.05) is 42.5 Å². The van der Waals surface area contributed by atoms with Crippen molar-refractivity contribution in [2.45, 2.75) is 6.42 Å². The summed E-state index contributed by atoms with van der Waals surface area (Å²) in [4.78, 5) is 0.665. The molecule has 0 bridgehead atoms. The second-order valence-corrected chi connectivity index (χ2v) is 5.20. The van der Waals surface area contributed by atoms with E-state index in [1.165, 1.54) is 6.07 Å². The van der Waals surface area contributed by atoms with Crippen molar-refractivity contribution < 1.29 is 4.39 Å². The van der Waals surface area contributed by atoms with Crippen LogP contribution in [0.3, 0.4) is 0 Å². The molecule has 1 aliphatic rings. The number of fused-ring (bicyclic) bond motifs is 1. The number of thiocarbonyl (C=S) groups is 1. The minimum absolute atomic E-state index is 0.313. The van der Waals surface area contributed by atoms with E-state index in [0.29, 0.717) is 22.4 Å². The Hall–Kier alpha value is -2.31. The Morgan fingerprint density at radius 3 is 2.55 bits per heavy atom. The molecule has 0 atom stereocenters. The number of hydrogen-bond donors (Lipinski definition) is 0. The van der Waals surface area contributed by atoms with Crippen molar-refractivity contribution in [3.63, 3.8) is 0 Å². The molecular weight excluding hydrogens is 269 g/mol. The first kappa shape index (κ1) is 12.7. The summed E-state index contributed by atoms with van der Waals surface area (Å²) in [5, 5.41) is 9.12. The van der Waals surface area contributed by atoms with Gasteiger partial charge in [0.25, 0.3) is 0 Å². The van der Waals surface area contributed by atoms with Crippen LogP contribution in [0.4, 0.5) is 4.39 Å². The van der Waals surface area contributed by atoms with Crippen LogP contribution in [0.2, 0.25) is 0 Å². The molecule has 0 N–H and O–H groups in total. The average molecular weight is 279 g/mol. The van der Waals surface area contributed by atoms with E-state index in [9.17, 15) is 4.39 Å². The van der Waals surface area contributed by atoms with Gasteiger partial charge in [-0.2, -0.15) is 5.26 Å². The predicted octanol–water partition coefficient (Wildman–Crippen LogP) is 4.33. The van der Waals surface area contributed by atoms with Crippen LogP contribution in [0.15, 0.2) is 48.5 Å². The van der Waals surface area contributed by atoms with E-state index >= 15 is 0 Å². The van der Waals surface area contributed by atoms with Crippen LogP contribution < -0.4 is 0 Å². The van der Waals surface area contributed by atoms with E-state index in [-0.39, 0.29) is 5.82 Å². The van der Waals surface area contributed by atoms with Gasteiger partial charge in [-0.3, -0.25) is 0 Å². The minimum Gasteiger partial charge on any atom is -0.206 e. The predicted molar refractivity (Wildman–Crippen MR) is 81.7 cm³/mol. The molecular formula is C17H10FNS. The molecule has 1 nitrogen and oxygen atoms in total. The Morgan fingerprint density at radius 1 is 1.10 bits per heavy atom. The number of hydrogen-bond acceptors (Lipinski definition) is 2. The van der Waals surface area contributed by atoms with Crippen molar-refractivity contribution in [3.05, 3.63) is 65.5 Å². The molecule has 0 aliphatic heterocycles. The van der Waals surface area contributed by atoms with Gasteiger partial charge >= 0.3 is 0 Å². The number of rotatable bonds is 1. The molecule has 0 saturated carbocycles. The Morgan fingerprint density at radius 2 is 1.85 bits per heavy atom. The number of halogens is 1. The normalized spacial score (nSPS) is 13.4. The summed E-state index contributed by atoms with van der Waals surface area (Å²) in [6.45, 7) is 0. The quantitative estimate of drug-likeness (QED) is 0.726. The van der Waals surface area contributed by atoms with E-state index in [4.69, 9.17) is 17.5 Å². The van der Waals surface area contributed by atoms with Crippen LogP contribution in [0.25, 0.3) is 16.7 Å². The number of allylic oxidation sites excluding steroid dienone is 2. The molecule has 20 heavy (non-hydrogen) atoms. The molecule has 0 fully saturated rings. The third-order valence-corrected chi connectivity index (χ3v) is 3.60. The highest BCUT2D eigenvalue weighted by molar-refractivity contribution is 7.80. The summed E-state index contributed by atoms with van der Waals surface area (Å²) in [7, 11) is 0. The SMILES string of the molecule is N#CC1=CC(=S)Cc2cc(-c3ccccc3)cc(F)c21. The van der Waals surface area contributed by atoms with Gasteiger partial charge in [0.2, 0.25) is 0 Å². The Labute approximate surface area is 122 Å². The Bertz CT molecular complexity index is 770. The highest BCUT2D eigenvalue weighted by Gasteiger charge is 2.20. The average Bonchev–Trinajstić information content (AvgIpc) is 2.46. The van der Waals surface area contributed by atoms with Crippen LogP contribution in [-0.2, 0) is 6.42 Å². The summed E-state index contributed by atoms with van der Waals surface area (Å²) in [6.07, 6.45) is 2.09. The van der Waals surface area contributed by atoms with Crippen molar-refractivity contribution >= 4 is 22.7 Å². The lowest BCUT2D eigenvalue weighted by Gasteiger charge is -2.16. The van der Waals surface area contributed by atoms with E-state index in [0.717, 1.165) is 16.7 Å². The van der Waals surface area contributed by atoms with E-state index < -0.39 is 0 Å². The van der Waals surface area contributed by atoms with Crippen LogP contribution in [0, 0.1) is 17.1 Å². The Kier molecular flexibility index (Phi) is 3.17. The fourth-order valence-electron chi connectivity index (χ4n) is 2.46. The van der Waals surface area contributed by atoms with Crippen molar-refractivity contribution in [2.24, 2.45) is 0 Å². The summed E-state index contributed by atoms with van der Waals surface area (Å²) in [5.41, 5.74) is 3.25. The molecule has 0 spiro atoms. The third kappa shape index (κ3) is 2.15. The summed E-state index contributed by atoms with van der Waals surface area (Å²) in [6, 6.07) is 15.0. The van der Waals surface area contributed by atoms with Gasteiger partial charge in [0, 0.05) is 16.8 Å². The first-order valence-corrected chi connectivity index (χ1v) is 6.62. The molecule has 96 valence electrons. The van der Waals surface area contributed by atoms with E-state index in [1.54, 1.807) is 6.08 Å². The molecule has 2 aromatic carbocycles. The van der Waals surface area contributed by atoms with Crippen LogP contribution >= 0.6 is 12.2 Å². The molecule has 2 aromatic rings. The zero-order valence-corrected chi connectivity index (χ0v) is 11.4. The maximum Gasteiger partial charge on any atom is 0.132 e. The first-order valence-electron chi connectivity index (χ1n) is 6.22. The van der Waals surface area contributed by atoms with Gasteiger partial charge in [0.05, 0.1) is 11.6 Å². The number of nitrogens with zero attached hydrogens (tertiary/aromatic N) is 1. The third-order valence-electron chi connectivity index (χ3n) is 3.34. The second kappa shape index (κ2) is 4.99. The highest BCUT2D eigenvalue weighted by Crippen LogP contribution is 2.32. The van der Waals surface area contributed by atoms with Gasteiger partial charge in [0.1, 0.15) is 5.82 Å². The van der Waals surface area contributed by atoms with E-state index in [1.807, 2.05) is 42.5 Å². The van der Waals surface area contributed by atoms with Gasteiger partial charge in [0.15, 0.2) is 0 Å². The fourth-order valence-corrected chi connectivity index (χ4v) is 2.74. The van der Waals surface area contributed by atoms with Crippen molar-refractivity contribution in [1.82, 2.24) is 0 Å². The lowest BCUT2D eigenvalue weighted by Crippen LogP contribution is -2.09. The standard InChI is InChI=1S/C17H10FNS/c18-16-9-12(11-4-2-1-3-5-11)6-13-7-15(20)8-14(10-19)17(13)16/h1-6,8-9H,7H2. The van der Waals surface area contributed by atoms with E-state index in [2.05, 4.69) is 0 Å². The van der Waals surface area contributed by atoms with Crippen LogP contribution in [0.5, 0.6) is 0 Å². The van der Waals surface area contributed by atoms with Crippen molar-refractivity contribution in [2.75, 3.05) is 0 Å². The lowest BCUT2D eigenvalue weighted by molar-refractivity contribution is 0.623. The maximum atomic E-state index is 14.3. The van der Waals surface area contributed by atoms with Gasteiger partial charge in [-0.15, -0.1) is 0 Å². The van der Waals surface area contributed by atoms with Gasteiger partial charge < -0.3 is 0 Å². The monoisotopic (exact) mass is 279 g/mol. The van der Waals surface area contributed by atoms with Crippen LogP contribution in [0.1, 0.15) is 11.1 Å². The highest BCUT2D eigenvalue weighted by atomic mass is 32.1. The maximum absolute atomic E-state index is 14.3.